The lowest BCUT2D eigenvalue weighted by molar-refractivity contribution is 0.314. The highest BCUT2D eigenvalue weighted by molar-refractivity contribution is 6.31. The summed E-state index contributed by atoms with van der Waals surface area (Å²) in [6, 6.07) is 6.33. The molecule has 0 amide bonds. The summed E-state index contributed by atoms with van der Waals surface area (Å²) < 4.78 is 0. The van der Waals surface area contributed by atoms with Gasteiger partial charge in [-0.3, -0.25) is 0 Å². The number of halogens is 1. The van der Waals surface area contributed by atoms with E-state index in [0.29, 0.717) is 11.1 Å². The van der Waals surface area contributed by atoms with E-state index in [1.807, 2.05) is 18.2 Å². The normalized spacial score (nSPS) is 20.8. The maximum Gasteiger partial charge on any atom is 0.0598 e. The summed E-state index contributed by atoms with van der Waals surface area (Å²) in [5.74, 6) is 0. The molecule has 17 heavy (non-hydrogen) atoms. The Hall–Kier alpha value is -0.930. The minimum Gasteiger partial charge on any atom is -0.397 e. The van der Waals surface area contributed by atoms with Gasteiger partial charge in [0.2, 0.25) is 0 Å². The maximum absolute atomic E-state index is 5.99. The van der Waals surface area contributed by atoms with Crippen molar-refractivity contribution in [2.24, 2.45) is 0 Å². The van der Waals surface area contributed by atoms with Crippen molar-refractivity contribution in [2.45, 2.75) is 18.9 Å². The van der Waals surface area contributed by atoms with Gasteiger partial charge in [-0.25, -0.2) is 0 Å². The van der Waals surface area contributed by atoms with Crippen molar-refractivity contribution in [2.75, 3.05) is 37.8 Å². The lowest BCUT2D eigenvalue weighted by atomic mass is 10.2. The lowest BCUT2D eigenvalue weighted by Gasteiger charge is -2.28. The van der Waals surface area contributed by atoms with Gasteiger partial charge in [-0.15, -0.1) is 0 Å². The van der Waals surface area contributed by atoms with Crippen LogP contribution in [0.2, 0.25) is 5.02 Å². The lowest BCUT2D eigenvalue weighted by Crippen LogP contribution is -2.36. The second-order valence-corrected chi connectivity index (χ2v) is 5.30. The highest BCUT2D eigenvalue weighted by atomic mass is 35.5. The Kier molecular flexibility index (Phi) is 3.79. The number of hydrogen-bond donors (Lipinski definition) is 1. The van der Waals surface area contributed by atoms with Crippen molar-refractivity contribution in [3.05, 3.63) is 23.2 Å². The van der Waals surface area contributed by atoms with Gasteiger partial charge in [0, 0.05) is 24.7 Å². The Morgan fingerprint density at radius 1 is 1.53 bits per heavy atom. The number of nitrogens with zero attached hydrogens (tertiary/aromatic N) is 2. The van der Waals surface area contributed by atoms with Gasteiger partial charge in [0.05, 0.1) is 11.4 Å². The number of likely N-dealkylation sites (N-methyl/N-ethyl adjacent to an activating group) is 2. The third-order valence-corrected chi connectivity index (χ3v) is 3.79. The van der Waals surface area contributed by atoms with Gasteiger partial charge >= 0.3 is 0 Å². The van der Waals surface area contributed by atoms with Crippen LogP contribution in [0, 0.1) is 0 Å². The first-order valence-electron chi connectivity index (χ1n) is 6.04. The number of rotatable bonds is 3. The molecule has 0 aliphatic carbocycles. The van der Waals surface area contributed by atoms with E-state index in [0.717, 1.165) is 17.9 Å². The minimum absolute atomic E-state index is 0.634. The molecule has 1 saturated heterocycles. The van der Waals surface area contributed by atoms with Gasteiger partial charge in [-0.05, 0) is 44.6 Å². The molecule has 0 radical (unpaired) electrons. The molecule has 1 fully saturated rings. The van der Waals surface area contributed by atoms with E-state index < -0.39 is 0 Å². The van der Waals surface area contributed by atoms with E-state index >= 15 is 0 Å². The van der Waals surface area contributed by atoms with Gasteiger partial charge in [0.15, 0.2) is 0 Å². The fourth-order valence-corrected chi connectivity index (χ4v) is 2.68. The van der Waals surface area contributed by atoms with Gasteiger partial charge in [0.25, 0.3) is 0 Å². The van der Waals surface area contributed by atoms with Gasteiger partial charge in [0.1, 0.15) is 0 Å². The molecule has 2 rings (SSSR count). The van der Waals surface area contributed by atoms with E-state index in [9.17, 15) is 0 Å². The zero-order valence-electron chi connectivity index (χ0n) is 10.5. The third-order valence-electron chi connectivity index (χ3n) is 3.56. The standard InChI is InChI=1S/C13H20ClN3/c1-16-7-3-4-11(16)9-17(2)13-6-5-10(14)8-12(13)15/h5-6,8,11H,3-4,7,9,15H2,1-2H3. The molecule has 1 aromatic rings. The number of nitrogens with two attached hydrogens (primary N) is 1. The van der Waals surface area contributed by atoms with Crippen molar-refractivity contribution < 1.29 is 0 Å². The average molecular weight is 254 g/mol. The molecule has 0 bridgehead atoms. The fourth-order valence-electron chi connectivity index (χ4n) is 2.50. The third kappa shape index (κ3) is 2.85. The summed E-state index contributed by atoms with van der Waals surface area (Å²) in [6.45, 7) is 2.22. The molecule has 0 aromatic heterocycles. The predicted molar refractivity (Wildman–Crippen MR) is 74.8 cm³/mol. The molecule has 4 heteroatoms. The second kappa shape index (κ2) is 5.15. The Balaban J connectivity index is 2.06. The minimum atomic E-state index is 0.634. The average Bonchev–Trinajstić information content (AvgIpc) is 2.64. The zero-order valence-corrected chi connectivity index (χ0v) is 11.2. The summed E-state index contributed by atoms with van der Waals surface area (Å²) in [5.41, 5.74) is 7.81. The van der Waals surface area contributed by atoms with Crippen molar-refractivity contribution in [1.82, 2.24) is 4.90 Å². The molecule has 1 heterocycles. The van der Waals surface area contributed by atoms with Crippen LogP contribution in [0.5, 0.6) is 0 Å². The quantitative estimate of drug-likeness (QED) is 0.840. The van der Waals surface area contributed by atoms with Crippen LogP contribution < -0.4 is 10.6 Å². The first-order valence-corrected chi connectivity index (χ1v) is 6.42. The summed E-state index contributed by atoms with van der Waals surface area (Å²) in [5, 5.41) is 0.692. The van der Waals surface area contributed by atoms with Crippen LogP contribution in [0.4, 0.5) is 11.4 Å². The maximum atomic E-state index is 5.99. The molecule has 1 aliphatic heterocycles. The first-order chi connectivity index (χ1) is 8.08. The van der Waals surface area contributed by atoms with E-state index in [2.05, 4.69) is 23.9 Å². The summed E-state index contributed by atoms with van der Waals surface area (Å²) in [6.07, 6.45) is 2.57. The van der Waals surface area contributed by atoms with E-state index in [1.165, 1.54) is 19.4 Å². The Morgan fingerprint density at radius 3 is 2.88 bits per heavy atom. The number of anilines is 2. The second-order valence-electron chi connectivity index (χ2n) is 4.86. The van der Waals surface area contributed by atoms with Crippen LogP contribution in [0.1, 0.15) is 12.8 Å². The van der Waals surface area contributed by atoms with Crippen molar-refractivity contribution in [3.8, 4) is 0 Å². The zero-order chi connectivity index (χ0) is 12.4. The van der Waals surface area contributed by atoms with E-state index in [4.69, 9.17) is 17.3 Å². The Bertz CT molecular complexity index is 394. The fraction of sp³-hybridized carbons (Fsp3) is 0.538. The molecule has 0 spiro atoms. The molecular weight excluding hydrogens is 234 g/mol. The number of benzene rings is 1. The van der Waals surface area contributed by atoms with Crippen molar-refractivity contribution in [3.63, 3.8) is 0 Å². The number of likely N-dealkylation sites (tertiary alicyclic amines) is 1. The predicted octanol–water partition coefficient (Wildman–Crippen LogP) is 2.45. The van der Waals surface area contributed by atoms with Crippen LogP contribution in [0.25, 0.3) is 0 Å². The number of hydrogen-bond acceptors (Lipinski definition) is 3. The Labute approximate surface area is 108 Å². The smallest absolute Gasteiger partial charge is 0.0598 e. The largest absolute Gasteiger partial charge is 0.397 e. The van der Waals surface area contributed by atoms with Crippen LogP contribution in [-0.4, -0.2) is 38.1 Å². The summed E-state index contributed by atoms with van der Waals surface area (Å²) in [4.78, 5) is 4.64. The van der Waals surface area contributed by atoms with Crippen molar-refractivity contribution in [1.29, 1.82) is 0 Å². The molecule has 94 valence electrons. The van der Waals surface area contributed by atoms with Gasteiger partial charge in [-0.2, -0.15) is 0 Å². The molecule has 1 aromatic carbocycles. The molecule has 2 N–H and O–H groups in total. The molecule has 0 saturated carbocycles. The highest BCUT2D eigenvalue weighted by Gasteiger charge is 2.22. The Morgan fingerprint density at radius 2 is 2.29 bits per heavy atom. The van der Waals surface area contributed by atoms with Crippen molar-refractivity contribution >= 4 is 23.0 Å². The molecule has 1 atom stereocenters. The first kappa shape index (κ1) is 12.5. The van der Waals surface area contributed by atoms with Crippen LogP contribution in [-0.2, 0) is 0 Å². The molecule has 3 nitrogen and oxygen atoms in total. The van der Waals surface area contributed by atoms with Crippen LogP contribution in [0.3, 0.4) is 0 Å². The highest BCUT2D eigenvalue weighted by Crippen LogP contribution is 2.27. The SMILES string of the molecule is CN(CC1CCCN1C)c1ccc(Cl)cc1N. The van der Waals surface area contributed by atoms with E-state index in [1.54, 1.807) is 0 Å². The van der Waals surface area contributed by atoms with Crippen LogP contribution in [0.15, 0.2) is 18.2 Å². The topological polar surface area (TPSA) is 32.5 Å². The molecule has 1 aliphatic rings. The molecular formula is C13H20ClN3. The van der Waals surface area contributed by atoms with Gasteiger partial charge < -0.3 is 15.5 Å². The van der Waals surface area contributed by atoms with E-state index in [-0.39, 0.29) is 0 Å². The number of nitrogen functional groups attached to an aromatic ring is 1. The monoisotopic (exact) mass is 253 g/mol. The molecule has 1 unspecified atom stereocenters. The summed E-state index contributed by atoms with van der Waals surface area (Å²) in [7, 11) is 4.28. The van der Waals surface area contributed by atoms with Gasteiger partial charge in [-0.1, -0.05) is 11.6 Å². The van der Waals surface area contributed by atoms with Crippen LogP contribution >= 0.6 is 11.6 Å². The summed E-state index contributed by atoms with van der Waals surface area (Å²) >= 11 is 5.91.